The summed E-state index contributed by atoms with van der Waals surface area (Å²) in [5.41, 5.74) is 0.552. The quantitative estimate of drug-likeness (QED) is 0.788. The number of hydrogen-bond donors (Lipinski definition) is 0. The molecular weight excluding hydrogens is 323 g/mol. The summed E-state index contributed by atoms with van der Waals surface area (Å²) < 4.78 is 25.0. The van der Waals surface area contributed by atoms with Crippen molar-refractivity contribution in [2.45, 2.75) is 45.1 Å². The first kappa shape index (κ1) is 18.3. The van der Waals surface area contributed by atoms with Crippen LogP contribution in [-0.2, 0) is 20.9 Å². The normalized spacial score (nSPS) is 22.2. The van der Waals surface area contributed by atoms with Gasteiger partial charge in [0, 0.05) is 37.8 Å². The zero-order chi connectivity index (χ0) is 17.8. The highest BCUT2D eigenvalue weighted by molar-refractivity contribution is 5.77. The van der Waals surface area contributed by atoms with E-state index in [9.17, 15) is 9.18 Å². The molecule has 2 aliphatic heterocycles. The first-order valence-electron chi connectivity index (χ1n) is 9.01. The van der Waals surface area contributed by atoms with Crippen LogP contribution in [0.25, 0.3) is 0 Å². The van der Waals surface area contributed by atoms with E-state index in [0.717, 1.165) is 13.1 Å². The van der Waals surface area contributed by atoms with Gasteiger partial charge >= 0.3 is 0 Å². The summed E-state index contributed by atoms with van der Waals surface area (Å²) in [4.78, 5) is 16.5. The van der Waals surface area contributed by atoms with Crippen LogP contribution in [-0.4, -0.2) is 66.7 Å². The highest BCUT2D eigenvalue weighted by Crippen LogP contribution is 2.19. The molecule has 0 saturated carbocycles. The molecule has 2 aliphatic rings. The summed E-state index contributed by atoms with van der Waals surface area (Å²) in [6.07, 6.45) is 0.383. The topological polar surface area (TPSA) is 42.0 Å². The maximum atomic E-state index is 13.6. The minimum absolute atomic E-state index is 0.0111. The lowest BCUT2D eigenvalue weighted by Crippen LogP contribution is -2.56. The fourth-order valence-corrected chi connectivity index (χ4v) is 3.23. The minimum atomic E-state index is -0.251. The van der Waals surface area contributed by atoms with E-state index in [2.05, 4.69) is 18.7 Å². The summed E-state index contributed by atoms with van der Waals surface area (Å²) in [6, 6.07) is 7.08. The molecule has 1 aromatic rings. The van der Waals surface area contributed by atoms with E-state index < -0.39 is 0 Å². The fraction of sp³-hybridized carbons (Fsp3) is 0.632. The van der Waals surface area contributed by atoms with Crippen LogP contribution in [0, 0.1) is 5.82 Å². The highest BCUT2D eigenvalue weighted by atomic mass is 19.1. The molecule has 0 N–H and O–H groups in total. The summed E-state index contributed by atoms with van der Waals surface area (Å²) in [5.74, 6) is -0.139. The van der Waals surface area contributed by atoms with Crippen LogP contribution in [0.15, 0.2) is 24.3 Å². The largest absolute Gasteiger partial charge is 0.375 e. The highest BCUT2D eigenvalue weighted by Gasteiger charge is 2.33. The lowest BCUT2D eigenvalue weighted by Gasteiger charge is -2.41. The number of amides is 1. The van der Waals surface area contributed by atoms with Crippen molar-refractivity contribution in [2.75, 3.05) is 32.8 Å². The van der Waals surface area contributed by atoms with Crippen molar-refractivity contribution in [2.24, 2.45) is 0 Å². The Morgan fingerprint density at radius 3 is 2.80 bits per heavy atom. The third-order valence-corrected chi connectivity index (χ3v) is 4.94. The van der Waals surface area contributed by atoms with Gasteiger partial charge in [-0.1, -0.05) is 18.2 Å². The lowest BCUT2D eigenvalue weighted by molar-refractivity contribution is -0.150. The standard InChI is InChI=1S/C19H27FN2O3/c1-14(2)21-7-8-24-16(10-21)9-19(23)22-11-17(12-22)25-13-15-5-3-4-6-18(15)20/h3-6,14,16-17H,7-13H2,1-2H3. The van der Waals surface area contributed by atoms with Gasteiger partial charge in [-0.25, -0.2) is 4.39 Å². The molecule has 5 nitrogen and oxygen atoms in total. The number of hydrogen-bond acceptors (Lipinski definition) is 4. The van der Waals surface area contributed by atoms with Gasteiger partial charge in [-0.05, 0) is 19.9 Å². The molecule has 1 unspecified atom stereocenters. The smallest absolute Gasteiger partial charge is 0.225 e. The molecule has 0 radical (unpaired) electrons. The van der Waals surface area contributed by atoms with E-state index in [1.807, 2.05) is 0 Å². The van der Waals surface area contributed by atoms with Crippen LogP contribution < -0.4 is 0 Å². The van der Waals surface area contributed by atoms with Crippen LogP contribution >= 0.6 is 0 Å². The van der Waals surface area contributed by atoms with Gasteiger partial charge in [-0.2, -0.15) is 0 Å². The van der Waals surface area contributed by atoms with Crippen LogP contribution in [0.2, 0.25) is 0 Å². The zero-order valence-corrected chi connectivity index (χ0v) is 15.0. The molecule has 0 bridgehead atoms. The molecule has 0 spiro atoms. The average Bonchev–Trinajstić information content (AvgIpc) is 2.55. The Balaban J connectivity index is 1.37. The van der Waals surface area contributed by atoms with Gasteiger partial charge in [0.1, 0.15) is 5.82 Å². The number of likely N-dealkylation sites (tertiary alicyclic amines) is 1. The Kier molecular flexibility index (Phi) is 6.04. The van der Waals surface area contributed by atoms with E-state index in [1.165, 1.54) is 6.07 Å². The molecule has 2 fully saturated rings. The predicted molar refractivity (Wildman–Crippen MR) is 92.6 cm³/mol. The third-order valence-electron chi connectivity index (χ3n) is 4.94. The number of carbonyl (C=O) groups is 1. The number of halogens is 1. The maximum absolute atomic E-state index is 13.6. The Labute approximate surface area is 148 Å². The second-order valence-electron chi connectivity index (χ2n) is 7.11. The van der Waals surface area contributed by atoms with E-state index in [-0.39, 0.29) is 30.5 Å². The minimum Gasteiger partial charge on any atom is -0.375 e. The third kappa shape index (κ3) is 4.77. The summed E-state index contributed by atoms with van der Waals surface area (Å²) in [5, 5.41) is 0. The number of benzene rings is 1. The Bertz CT molecular complexity index is 590. The van der Waals surface area contributed by atoms with Gasteiger partial charge in [0.25, 0.3) is 0 Å². The van der Waals surface area contributed by atoms with Gasteiger partial charge in [0.15, 0.2) is 0 Å². The van der Waals surface area contributed by atoms with Crippen LogP contribution in [0.5, 0.6) is 0 Å². The number of nitrogens with zero attached hydrogens (tertiary/aromatic N) is 2. The SMILES string of the molecule is CC(C)N1CCOC(CC(=O)N2CC(OCc3ccccc3F)C2)C1. The molecule has 1 amide bonds. The Morgan fingerprint density at radius 1 is 1.32 bits per heavy atom. The summed E-state index contributed by atoms with van der Waals surface area (Å²) in [7, 11) is 0. The van der Waals surface area contributed by atoms with Crippen LogP contribution in [0.1, 0.15) is 25.8 Å². The molecule has 0 aromatic heterocycles. The van der Waals surface area contributed by atoms with Gasteiger partial charge < -0.3 is 14.4 Å². The van der Waals surface area contributed by atoms with Crippen molar-refractivity contribution in [3.05, 3.63) is 35.6 Å². The number of ether oxygens (including phenoxy) is 2. The molecule has 0 aliphatic carbocycles. The van der Waals surface area contributed by atoms with Crippen molar-refractivity contribution in [3.8, 4) is 0 Å². The molecule has 1 aromatic carbocycles. The van der Waals surface area contributed by atoms with E-state index in [1.54, 1.807) is 23.1 Å². The van der Waals surface area contributed by atoms with Crippen LogP contribution in [0.3, 0.4) is 0 Å². The zero-order valence-electron chi connectivity index (χ0n) is 15.0. The van der Waals surface area contributed by atoms with Crippen molar-refractivity contribution in [3.63, 3.8) is 0 Å². The van der Waals surface area contributed by atoms with Gasteiger partial charge in [0.05, 0.1) is 31.8 Å². The number of rotatable bonds is 6. The number of carbonyl (C=O) groups excluding carboxylic acids is 1. The van der Waals surface area contributed by atoms with Crippen LogP contribution in [0.4, 0.5) is 4.39 Å². The first-order chi connectivity index (χ1) is 12.0. The summed E-state index contributed by atoms with van der Waals surface area (Å²) >= 11 is 0. The maximum Gasteiger partial charge on any atom is 0.225 e. The Morgan fingerprint density at radius 2 is 2.08 bits per heavy atom. The van der Waals surface area contributed by atoms with Crippen molar-refractivity contribution < 1.29 is 18.7 Å². The number of morpholine rings is 1. The average molecular weight is 350 g/mol. The van der Waals surface area contributed by atoms with Crippen molar-refractivity contribution in [1.82, 2.24) is 9.80 Å². The lowest BCUT2D eigenvalue weighted by atomic mass is 10.1. The molecule has 25 heavy (non-hydrogen) atoms. The van der Waals surface area contributed by atoms with Gasteiger partial charge in [-0.15, -0.1) is 0 Å². The molecule has 6 heteroatoms. The second kappa shape index (κ2) is 8.25. The van der Waals surface area contributed by atoms with Gasteiger partial charge in [-0.3, -0.25) is 9.69 Å². The van der Waals surface area contributed by atoms with E-state index in [0.29, 0.717) is 37.7 Å². The summed E-state index contributed by atoms with van der Waals surface area (Å²) in [6.45, 7) is 8.15. The fourth-order valence-electron chi connectivity index (χ4n) is 3.23. The van der Waals surface area contributed by atoms with Crippen molar-refractivity contribution >= 4 is 5.91 Å². The molecule has 1 atom stereocenters. The molecule has 3 rings (SSSR count). The molecular formula is C19H27FN2O3. The monoisotopic (exact) mass is 350 g/mol. The first-order valence-corrected chi connectivity index (χ1v) is 9.01. The van der Waals surface area contributed by atoms with E-state index >= 15 is 0 Å². The predicted octanol–water partition coefficient (Wildman–Crippen LogP) is 2.05. The molecule has 2 saturated heterocycles. The molecule has 2 heterocycles. The second-order valence-corrected chi connectivity index (χ2v) is 7.11. The molecule has 138 valence electrons. The van der Waals surface area contributed by atoms with Crippen molar-refractivity contribution in [1.29, 1.82) is 0 Å². The van der Waals surface area contributed by atoms with Gasteiger partial charge in [0.2, 0.25) is 5.91 Å². The van der Waals surface area contributed by atoms with E-state index in [4.69, 9.17) is 9.47 Å². The Hall–Kier alpha value is -1.50.